The van der Waals surface area contributed by atoms with Crippen LogP contribution in [0.1, 0.15) is 18.9 Å². The Kier molecular flexibility index (Phi) is 7.02. The Morgan fingerprint density at radius 3 is 2.67 bits per heavy atom. The van der Waals surface area contributed by atoms with E-state index in [9.17, 15) is 9.90 Å². The van der Waals surface area contributed by atoms with Gasteiger partial charge in [0.2, 0.25) is 5.91 Å². The summed E-state index contributed by atoms with van der Waals surface area (Å²) in [6.45, 7) is 3.26. The van der Waals surface area contributed by atoms with Gasteiger partial charge in [0.05, 0.1) is 25.9 Å². The van der Waals surface area contributed by atoms with Crippen LogP contribution in [0.4, 0.5) is 0 Å². The van der Waals surface area contributed by atoms with Gasteiger partial charge in [0.15, 0.2) is 0 Å². The first kappa shape index (κ1) is 18.7. The van der Waals surface area contributed by atoms with Crippen molar-refractivity contribution in [2.75, 3.05) is 34.0 Å². The molecule has 1 saturated heterocycles. The molecule has 1 N–H and O–H groups in total. The van der Waals surface area contributed by atoms with E-state index in [1.165, 1.54) is 7.11 Å². The number of methoxy groups -OCH3 is 1. The zero-order valence-electron chi connectivity index (χ0n) is 14.6. The quantitative estimate of drug-likeness (QED) is 0.811. The number of aliphatic hydroxyl groups is 1. The Morgan fingerprint density at radius 1 is 1.33 bits per heavy atom. The SMILES string of the molecule is CCOc1ccc(CCC(=O)N(C)[C@@H]2COC[C@@H](OC)[C@H]2O)cc1. The highest BCUT2D eigenvalue weighted by Gasteiger charge is 2.36. The molecular weight excluding hydrogens is 310 g/mol. The highest BCUT2D eigenvalue weighted by molar-refractivity contribution is 5.76. The second kappa shape index (κ2) is 9.01. The zero-order chi connectivity index (χ0) is 17.5. The van der Waals surface area contributed by atoms with E-state index in [1.54, 1.807) is 11.9 Å². The first-order chi connectivity index (χ1) is 11.6. The highest BCUT2D eigenvalue weighted by atomic mass is 16.5. The molecule has 1 aliphatic rings. The van der Waals surface area contributed by atoms with Gasteiger partial charge in [-0.25, -0.2) is 0 Å². The number of nitrogens with zero attached hydrogens (tertiary/aromatic N) is 1. The Balaban J connectivity index is 1.87. The third-order valence-electron chi connectivity index (χ3n) is 4.40. The molecule has 134 valence electrons. The minimum atomic E-state index is -0.733. The summed E-state index contributed by atoms with van der Waals surface area (Å²) in [5, 5.41) is 10.3. The number of likely N-dealkylation sites (N-methyl/N-ethyl adjacent to an activating group) is 1. The van der Waals surface area contributed by atoms with Crippen LogP contribution in [-0.2, 0) is 20.7 Å². The van der Waals surface area contributed by atoms with E-state index in [2.05, 4.69) is 0 Å². The molecule has 24 heavy (non-hydrogen) atoms. The van der Waals surface area contributed by atoms with Crippen LogP contribution in [-0.4, -0.2) is 68.1 Å². The van der Waals surface area contributed by atoms with Gasteiger partial charge in [0.1, 0.15) is 18.0 Å². The van der Waals surface area contributed by atoms with Gasteiger partial charge in [0.25, 0.3) is 0 Å². The molecule has 1 aliphatic heterocycles. The number of benzene rings is 1. The predicted octanol–water partition coefficient (Wildman–Crippen LogP) is 1.25. The van der Waals surface area contributed by atoms with Crippen molar-refractivity contribution < 1.29 is 24.1 Å². The number of rotatable bonds is 7. The lowest BCUT2D eigenvalue weighted by Crippen LogP contribution is -2.56. The predicted molar refractivity (Wildman–Crippen MR) is 90.1 cm³/mol. The molecule has 0 bridgehead atoms. The number of aryl methyl sites for hydroxylation is 1. The van der Waals surface area contributed by atoms with E-state index in [1.807, 2.05) is 31.2 Å². The van der Waals surface area contributed by atoms with E-state index in [0.29, 0.717) is 32.7 Å². The van der Waals surface area contributed by atoms with Gasteiger partial charge < -0.3 is 24.2 Å². The Labute approximate surface area is 143 Å². The molecule has 1 aromatic carbocycles. The highest BCUT2D eigenvalue weighted by Crippen LogP contribution is 2.18. The van der Waals surface area contributed by atoms with Crippen LogP contribution in [0.3, 0.4) is 0 Å². The molecule has 1 amide bonds. The first-order valence-electron chi connectivity index (χ1n) is 8.32. The summed E-state index contributed by atoms with van der Waals surface area (Å²) in [5.41, 5.74) is 1.08. The zero-order valence-corrected chi connectivity index (χ0v) is 14.6. The maximum absolute atomic E-state index is 12.4. The molecule has 1 heterocycles. The van der Waals surface area contributed by atoms with Crippen molar-refractivity contribution in [3.63, 3.8) is 0 Å². The van der Waals surface area contributed by atoms with Gasteiger partial charge in [-0.15, -0.1) is 0 Å². The Morgan fingerprint density at radius 2 is 2.04 bits per heavy atom. The molecule has 6 nitrogen and oxygen atoms in total. The van der Waals surface area contributed by atoms with Gasteiger partial charge in [-0.3, -0.25) is 4.79 Å². The third-order valence-corrected chi connectivity index (χ3v) is 4.40. The standard InChI is InChI=1S/C18H27NO5/c1-4-24-14-8-5-13(6-9-14)7-10-17(20)19(2)15-11-23-12-16(22-3)18(15)21/h5-6,8-9,15-16,18,21H,4,7,10-12H2,1-3H3/t15-,16-,18+/m1/s1. The van der Waals surface area contributed by atoms with Crippen LogP contribution in [0.25, 0.3) is 0 Å². The van der Waals surface area contributed by atoms with Crippen LogP contribution in [0.15, 0.2) is 24.3 Å². The molecule has 0 aliphatic carbocycles. The molecule has 0 unspecified atom stereocenters. The number of ether oxygens (including phenoxy) is 3. The van der Waals surface area contributed by atoms with Crippen molar-refractivity contribution in [2.24, 2.45) is 0 Å². The number of hydrogen-bond acceptors (Lipinski definition) is 5. The lowest BCUT2D eigenvalue weighted by Gasteiger charge is -2.38. The van der Waals surface area contributed by atoms with Crippen molar-refractivity contribution in [3.05, 3.63) is 29.8 Å². The van der Waals surface area contributed by atoms with Crippen LogP contribution < -0.4 is 4.74 Å². The average molecular weight is 337 g/mol. The Bertz CT molecular complexity index is 519. The van der Waals surface area contributed by atoms with Crippen molar-refractivity contribution in [1.82, 2.24) is 4.90 Å². The van der Waals surface area contributed by atoms with Gasteiger partial charge >= 0.3 is 0 Å². The molecule has 1 aromatic rings. The number of carbonyl (C=O) groups is 1. The fourth-order valence-electron chi connectivity index (χ4n) is 2.83. The molecule has 1 fully saturated rings. The van der Waals surface area contributed by atoms with Crippen LogP contribution >= 0.6 is 0 Å². The fourth-order valence-corrected chi connectivity index (χ4v) is 2.83. The van der Waals surface area contributed by atoms with Gasteiger partial charge in [-0.2, -0.15) is 0 Å². The summed E-state index contributed by atoms with van der Waals surface area (Å²) in [6.07, 6.45) is -0.105. The summed E-state index contributed by atoms with van der Waals surface area (Å²) in [6, 6.07) is 7.39. The summed E-state index contributed by atoms with van der Waals surface area (Å²) >= 11 is 0. The molecule has 2 rings (SSSR count). The molecule has 6 heteroatoms. The minimum absolute atomic E-state index is 0.0201. The second-order valence-corrected chi connectivity index (χ2v) is 5.95. The number of aliphatic hydroxyl groups excluding tert-OH is 1. The number of carbonyl (C=O) groups excluding carboxylic acids is 1. The summed E-state index contributed by atoms with van der Waals surface area (Å²) in [4.78, 5) is 14.0. The first-order valence-corrected chi connectivity index (χ1v) is 8.32. The monoisotopic (exact) mass is 337 g/mol. The van der Waals surface area contributed by atoms with E-state index in [4.69, 9.17) is 14.2 Å². The van der Waals surface area contributed by atoms with E-state index in [-0.39, 0.29) is 11.9 Å². The van der Waals surface area contributed by atoms with Crippen molar-refractivity contribution >= 4 is 5.91 Å². The lowest BCUT2D eigenvalue weighted by atomic mass is 10.0. The average Bonchev–Trinajstić information content (AvgIpc) is 2.60. The van der Waals surface area contributed by atoms with Crippen LogP contribution in [0, 0.1) is 0 Å². The fraction of sp³-hybridized carbons (Fsp3) is 0.611. The summed E-state index contributed by atoms with van der Waals surface area (Å²) in [5.74, 6) is 0.811. The van der Waals surface area contributed by atoms with Crippen molar-refractivity contribution in [1.29, 1.82) is 0 Å². The number of amides is 1. The van der Waals surface area contributed by atoms with Gasteiger partial charge in [-0.05, 0) is 31.0 Å². The normalized spacial score (nSPS) is 23.8. The third kappa shape index (κ3) is 4.69. The largest absolute Gasteiger partial charge is 0.494 e. The smallest absolute Gasteiger partial charge is 0.223 e. The molecule has 0 saturated carbocycles. The van der Waals surface area contributed by atoms with Crippen LogP contribution in [0.2, 0.25) is 0 Å². The van der Waals surface area contributed by atoms with Crippen molar-refractivity contribution in [2.45, 2.75) is 38.0 Å². The molecule has 0 radical (unpaired) electrons. The molecule has 0 aromatic heterocycles. The molecule has 3 atom stereocenters. The lowest BCUT2D eigenvalue weighted by molar-refractivity contribution is -0.158. The minimum Gasteiger partial charge on any atom is -0.494 e. The second-order valence-electron chi connectivity index (χ2n) is 5.95. The summed E-state index contributed by atoms with van der Waals surface area (Å²) in [7, 11) is 3.24. The number of hydrogen-bond donors (Lipinski definition) is 1. The van der Waals surface area contributed by atoms with Crippen molar-refractivity contribution in [3.8, 4) is 5.75 Å². The Hall–Kier alpha value is -1.63. The molecular formula is C18H27NO5. The van der Waals surface area contributed by atoms with E-state index >= 15 is 0 Å². The molecule has 0 spiro atoms. The van der Waals surface area contributed by atoms with E-state index < -0.39 is 12.2 Å². The maximum Gasteiger partial charge on any atom is 0.223 e. The summed E-state index contributed by atoms with van der Waals surface area (Å²) < 4.78 is 16.0. The topological polar surface area (TPSA) is 68.2 Å². The van der Waals surface area contributed by atoms with Gasteiger partial charge in [0, 0.05) is 20.6 Å². The maximum atomic E-state index is 12.4. The van der Waals surface area contributed by atoms with Crippen LogP contribution in [0.5, 0.6) is 5.75 Å². The van der Waals surface area contributed by atoms with E-state index in [0.717, 1.165) is 11.3 Å². The van der Waals surface area contributed by atoms with Gasteiger partial charge in [-0.1, -0.05) is 12.1 Å².